The highest BCUT2D eigenvalue weighted by Crippen LogP contribution is 2.23. The third-order valence-corrected chi connectivity index (χ3v) is 5.29. The molecule has 1 atom stereocenters. The van der Waals surface area contributed by atoms with E-state index in [0.717, 1.165) is 5.56 Å². The Labute approximate surface area is 214 Å². The Kier molecular flexibility index (Phi) is 8.93. The molecule has 0 saturated carbocycles. The van der Waals surface area contributed by atoms with Crippen LogP contribution in [0.4, 0.5) is 10.1 Å². The van der Waals surface area contributed by atoms with Crippen LogP contribution in [0.2, 0.25) is 0 Å². The highest BCUT2D eigenvalue weighted by Gasteiger charge is 2.22. The lowest BCUT2D eigenvalue weighted by Crippen LogP contribution is -2.47. The number of carbonyl (C=O) groups is 2. The van der Waals surface area contributed by atoms with Gasteiger partial charge in [-0.05, 0) is 66.2 Å². The second kappa shape index (κ2) is 12.9. The molecule has 2 N–H and O–H groups in total. The van der Waals surface area contributed by atoms with Crippen LogP contribution < -0.4 is 15.4 Å². The van der Waals surface area contributed by atoms with Crippen molar-refractivity contribution in [1.29, 1.82) is 0 Å². The normalized spacial score (nSPS) is 11.4. The summed E-state index contributed by atoms with van der Waals surface area (Å²) in [5.74, 6) is -0.0971. The molecule has 0 saturated heterocycles. The number of hydrogen-bond acceptors (Lipinski definition) is 5. The van der Waals surface area contributed by atoms with E-state index in [1.807, 2.05) is 30.3 Å². The average molecular weight is 500 g/mol. The molecule has 2 amide bonds. The van der Waals surface area contributed by atoms with Crippen LogP contribution in [0.3, 0.4) is 0 Å². The van der Waals surface area contributed by atoms with Gasteiger partial charge in [0.25, 0.3) is 0 Å². The van der Waals surface area contributed by atoms with Crippen molar-refractivity contribution in [3.8, 4) is 11.5 Å². The fourth-order valence-corrected chi connectivity index (χ4v) is 3.44. The third kappa shape index (κ3) is 8.26. The summed E-state index contributed by atoms with van der Waals surface area (Å²) in [6, 6.07) is 26.3. The molecule has 37 heavy (non-hydrogen) atoms. The SMILES string of the molecule is O=C(Cc1ccccn1)NC(COCc1ccccc1)C(=O)Nc1ccc(Oc2ccc(F)cc2)cc1. The van der Waals surface area contributed by atoms with Crippen LogP contribution in [-0.4, -0.2) is 29.4 Å². The van der Waals surface area contributed by atoms with Crippen molar-refractivity contribution in [2.75, 3.05) is 11.9 Å². The number of ether oxygens (including phenoxy) is 2. The molecule has 0 fully saturated rings. The van der Waals surface area contributed by atoms with Crippen LogP contribution in [0.5, 0.6) is 11.5 Å². The Morgan fingerprint density at radius 1 is 0.838 bits per heavy atom. The molecule has 8 heteroatoms. The molecule has 0 spiro atoms. The molecule has 7 nitrogen and oxygen atoms in total. The number of halogens is 1. The van der Waals surface area contributed by atoms with Crippen LogP contribution in [0.1, 0.15) is 11.3 Å². The second-order valence-electron chi connectivity index (χ2n) is 8.19. The van der Waals surface area contributed by atoms with E-state index < -0.39 is 11.9 Å². The first-order valence-corrected chi connectivity index (χ1v) is 11.7. The summed E-state index contributed by atoms with van der Waals surface area (Å²) in [5, 5.41) is 5.55. The van der Waals surface area contributed by atoms with Crippen molar-refractivity contribution in [2.24, 2.45) is 0 Å². The summed E-state index contributed by atoms with van der Waals surface area (Å²) in [7, 11) is 0. The van der Waals surface area contributed by atoms with Gasteiger partial charge in [-0.15, -0.1) is 0 Å². The number of aromatic nitrogens is 1. The fraction of sp³-hybridized carbons (Fsp3) is 0.138. The van der Waals surface area contributed by atoms with Gasteiger partial charge >= 0.3 is 0 Å². The summed E-state index contributed by atoms with van der Waals surface area (Å²) in [6.45, 7) is 0.288. The smallest absolute Gasteiger partial charge is 0.249 e. The van der Waals surface area contributed by atoms with Crippen molar-refractivity contribution in [1.82, 2.24) is 10.3 Å². The van der Waals surface area contributed by atoms with Crippen molar-refractivity contribution >= 4 is 17.5 Å². The molecule has 0 bridgehead atoms. The highest BCUT2D eigenvalue weighted by molar-refractivity contribution is 5.97. The van der Waals surface area contributed by atoms with Crippen molar-refractivity contribution in [3.63, 3.8) is 0 Å². The van der Waals surface area contributed by atoms with Gasteiger partial charge < -0.3 is 20.1 Å². The predicted octanol–water partition coefficient (Wildman–Crippen LogP) is 4.90. The highest BCUT2D eigenvalue weighted by atomic mass is 19.1. The maximum absolute atomic E-state index is 13.1. The Morgan fingerprint density at radius 2 is 1.51 bits per heavy atom. The molecule has 0 aliphatic carbocycles. The number of carbonyl (C=O) groups excluding carboxylic acids is 2. The van der Waals surface area contributed by atoms with Crippen LogP contribution >= 0.6 is 0 Å². The van der Waals surface area contributed by atoms with E-state index in [-0.39, 0.29) is 24.8 Å². The summed E-state index contributed by atoms with van der Waals surface area (Å²) >= 11 is 0. The number of pyridine rings is 1. The minimum atomic E-state index is -0.921. The number of benzene rings is 3. The van der Waals surface area contributed by atoms with E-state index in [9.17, 15) is 14.0 Å². The molecule has 3 aromatic carbocycles. The van der Waals surface area contributed by atoms with Crippen LogP contribution in [0, 0.1) is 5.82 Å². The van der Waals surface area contributed by atoms with Gasteiger partial charge in [0.05, 0.1) is 19.6 Å². The molecule has 0 aliphatic heterocycles. The largest absolute Gasteiger partial charge is 0.457 e. The van der Waals surface area contributed by atoms with Crippen molar-refractivity contribution in [2.45, 2.75) is 19.1 Å². The zero-order valence-electron chi connectivity index (χ0n) is 20.0. The lowest BCUT2D eigenvalue weighted by Gasteiger charge is -2.19. The third-order valence-electron chi connectivity index (χ3n) is 5.29. The topological polar surface area (TPSA) is 89.5 Å². The Bertz CT molecular complexity index is 1280. The summed E-state index contributed by atoms with van der Waals surface area (Å²) in [5.41, 5.74) is 2.07. The standard InChI is InChI=1S/C29H26FN3O4/c30-22-9-13-25(14-10-22)37-26-15-11-23(12-16-26)32-29(35)27(20-36-19-21-6-2-1-3-7-21)33-28(34)18-24-8-4-5-17-31-24/h1-17,27H,18-20H2,(H,32,35)(H,33,34). The van der Waals surface area contributed by atoms with Gasteiger partial charge in [0.1, 0.15) is 23.4 Å². The molecule has 1 aromatic heterocycles. The minimum Gasteiger partial charge on any atom is -0.457 e. The van der Waals surface area contributed by atoms with Gasteiger partial charge in [0.2, 0.25) is 11.8 Å². The molecular formula is C29H26FN3O4. The fourth-order valence-electron chi connectivity index (χ4n) is 3.44. The van der Waals surface area contributed by atoms with E-state index in [1.54, 1.807) is 48.7 Å². The maximum Gasteiger partial charge on any atom is 0.249 e. The molecule has 188 valence electrons. The lowest BCUT2D eigenvalue weighted by molar-refractivity contribution is -0.127. The van der Waals surface area contributed by atoms with Crippen molar-refractivity contribution in [3.05, 3.63) is 120 Å². The Hall–Kier alpha value is -4.56. The Balaban J connectivity index is 1.37. The van der Waals surface area contributed by atoms with Gasteiger partial charge in [-0.25, -0.2) is 4.39 Å². The molecular weight excluding hydrogens is 473 g/mol. The zero-order valence-corrected chi connectivity index (χ0v) is 20.0. The molecule has 0 aliphatic rings. The predicted molar refractivity (Wildman–Crippen MR) is 138 cm³/mol. The number of amides is 2. The first-order valence-electron chi connectivity index (χ1n) is 11.7. The Morgan fingerprint density at radius 3 is 2.19 bits per heavy atom. The first kappa shape index (κ1) is 25.5. The van der Waals surface area contributed by atoms with Crippen LogP contribution in [-0.2, 0) is 27.4 Å². The number of rotatable bonds is 11. The molecule has 4 rings (SSSR count). The number of hydrogen-bond donors (Lipinski definition) is 2. The number of anilines is 1. The minimum absolute atomic E-state index is 0.0134. The monoisotopic (exact) mass is 499 g/mol. The number of nitrogens with one attached hydrogen (secondary N) is 2. The molecule has 1 heterocycles. The van der Waals surface area contributed by atoms with Gasteiger partial charge in [0.15, 0.2) is 0 Å². The summed E-state index contributed by atoms with van der Waals surface area (Å²) < 4.78 is 24.5. The van der Waals surface area contributed by atoms with Crippen molar-refractivity contribution < 1.29 is 23.5 Å². The summed E-state index contributed by atoms with van der Waals surface area (Å²) in [4.78, 5) is 29.8. The second-order valence-corrected chi connectivity index (χ2v) is 8.19. The average Bonchev–Trinajstić information content (AvgIpc) is 2.91. The quantitative estimate of drug-likeness (QED) is 0.307. The van der Waals surface area contributed by atoms with Crippen LogP contribution in [0.15, 0.2) is 103 Å². The summed E-state index contributed by atoms with van der Waals surface area (Å²) in [6.07, 6.45) is 1.65. The molecule has 1 unspecified atom stereocenters. The van der Waals surface area contributed by atoms with E-state index in [2.05, 4.69) is 15.6 Å². The molecule has 0 radical (unpaired) electrons. The van der Waals surface area contributed by atoms with Crippen LogP contribution in [0.25, 0.3) is 0 Å². The number of nitrogens with zero attached hydrogens (tertiary/aromatic N) is 1. The zero-order chi connectivity index (χ0) is 25.9. The van der Waals surface area contributed by atoms with E-state index in [4.69, 9.17) is 9.47 Å². The molecule has 4 aromatic rings. The first-order chi connectivity index (χ1) is 18.0. The van der Waals surface area contributed by atoms with E-state index in [1.165, 1.54) is 24.3 Å². The van der Waals surface area contributed by atoms with E-state index >= 15 is 0 Å². The maximum atomic E-state index is 13.1. The van der Waals surface area contributed by atoms with E-state index in [0.29, 0.717) is 29.5 Å². The van der Waals surface area contributed by atoms with Gasteiger partial charge in [-0.2, -0.15) is 0 Å². The van der Waals surface area contributed by atoms with Gasteiger partial charge in [0, 0.05) is 17.6 Å². The van der Waals surface area contributed by atoms with Gasteiger partial charge in [-0.1, -0.05) is 36.4 Å². The van der Waals surface area contributed by atoms with Gasteiger partial charge in [-0.3, -0.25) is 14.6 Å². The lowest BCUT2D eigenvalue weighted by atomic mass is 10.2.